The fraction of sp³-hybridized carbons (Fsp3) is 0.636. The SMILES string of the molecule is CSC1CCC(NCc2ccc(Br)s2)C1. The van der Waals surface area contributed by atoms with Crippen LogP contribution in [0.25, 0.3) is 0 Å². The van der Waals surface area contributed by atoms with Gasteiger partial charge in [0.1, 0.15) is 0 Å². The van der Waals surface area contributed by atoms with Crippen molar-refractivity contribution in [1.29, 1.82) is 0 Å². The predicted octanol–water partition coefficient (Wildman–Crippen LogP) is 3.88. The summed E-state index contributed by atoms with van der Waals surface area (Å²) in [6.07, 6.45) is 6.29. The molecule has 1 fully saturated rings. The van der Waals surface area contributed by atoms with Crippen molar-refractivity contribution in [3.8, 4) is 0 Å². The average molecular weight is 306 g/mol. The van der Waals surface area contributed by atoms with Gasteiger partial charge in [-0.2, -0.15) is 11.8 Å². The second-order valence-corrected chi connectivity index (χ2v) is 7.64. The normalized spacial score (nSPS) is 26.0. The van der Waals surface area contributed by atoms with Crippen LogP contribution < -0.4 is 5.32 Å². The van der Waals surface area contributed by atoms with Crippen LogP contribution in [0.4, 0.5) is 0 Å². The van der Waals surface area contributed by atoms with Crippen molar-refractivity contribution in [3.05, 3.63) is 20.8 Å². The van der Waals surface area contributed by atoms with Crippen LogP contribution in [-0.2, 0) is 6.54 Å². The summed E-state index contributed by atoms with van der Waals surface area (Å²) >= 11 is 7.34. The van der Waals surface area contributed by atoms with E-state index in [1.54, 1.807) is 0 Å². The molecule has 0 amide bonds. The van der Waals surface area contributed by atoms with Gasteiger partial charge in [0.15, 0.2) is 0 Å². The van der Waals surface area contributed by atoms with Crippen molar-refractivity contribution in [3.63, 3.8) is 0 Å². The van der Waals surface area contributed by atoms with Gasteiger partial charge in [0.2, 0.25) is 0 Å². The van der Waals surface area contributed by atoms with Gasteiger partial charge in [-0.15, -0.1) is 11.3 Å². The van der Waals surface area contributed by atoms with Gasteiger partial charge in [0, 0.05) is 22.7 Å². The van der Waals surface area contributed by atoms with E-state index in [4.69, 9.17) is 0 Å². The second kappa shape index (κ2) is 5.71. The summed E-state index contributed by atoms with van der Waals surface area (Å²) in [6, 6.07) is 5.06. The van der Waals surface area contributed by atoms with Crippen LogP contribution in [0.3, 0.4) is 0 Å². The molecule has 2 atom stereocenters. The Bertz CT molecular complexity index is 313. The molecular weight excluding hydrogens is 290 g/mol. The van der Waals surface area contributed by atoms with Crippen LogP contribution >= 0.6 is 39.0 Å². The van der Waals surface area contributed by atoms with Gasteiger partial charge in [0.05, 0.1) is 3.79 Å². The lowest BCUT2D eigenvalue weighted by Gasteiger charge is -2.11. The highest BCUT2D eigenvalue weighted by atomic mass is 79.9. The first-order valence-corrected chi connectivity index (χ1v) is 8.18. The van der Waals surface area contributed by atoms with E-state index in [0.717, 1.165) is 17.8 Å². The fourth-order valence-electron chi connectivity index (χ4n) is 2.03. The number of thiophene rings is 1. The van der Waals surface area contributed by atoms with Crippen molar-refractivity contribution in [2.75, 3.05) is 6.26 Å². The van der Waals surface area contributed by atoms with Crippen LogP contribution in [0.5, 0.6) is 0 Å². The molecule has 0 bridgehead atoms. The summed E-state index contributed by atoms with van der Waals surface area (Å²) in [5.74, 6) is 0. The molecule has 0 aliphatic heterocycles. The molecule has 0 spiro atoms. The van der Waals surface area contributed by atoms with Crippen LogP contribution in [0, 0.1) is 0 Å². The monoisotopic (exact) mass is 305 g/mol. The third-order valence-corrected chi connectivity index (χ3v) is 5.63. The number of rotatable bonds is 4. The standard InChI is InChI=1S/C11H16BrNS2/c1-14-9-3-2-8(6-9)13-7-10-4-5-11(12)15-10/h4-5,8-9,13H,2-3,6-7H2,1H3. The van der Waals surface area contributed by atoms with Gasteiger partial charge in [0.25, 0.3) is 0 Å². The maximum absolute atomic E-state index is 3.65. The molecule has 84 valence electrons. The maximum Gasteiger partial charge on any atom is 0.0701 e. The second-order valence-electron chi connectivity index (χ2n) is 3.95. The minimum atomic E-state index is 0.739. The topological polar surface area (TPSA) is 12.0 Å². The van der Waals surface area contributed by atoms with E-state index in [2.05, 4.69) is 39.6 Å². The van der Waals surface area contributed by atoms with Gasteiger partial charge in [-0.3, -0.25) is 0 Å². The third-order valence-electron chi connectivity index (χ3n) is 2.91. The van der Waals surface area contributed by atoms with Crippen LogP contribution in [-0.4, -0.2) is 17.5 Å². The predicted molar refractivity (Wildman–Crippen MR) is 73.8 cm³/mol. The molecule has 15 heavy (non-hydrogen) atoms. The van der Waals surface area contributed by atoms with Crippen molar-refractivity contribution in [2.24, 2.45) is 0 Å². The summed E-state index contributed by atoms with van der Waals surface area (Å²) in [4.78, 5) is 1.43. The zero-order chi connectivity index (χ0) is 10.7. The fourth-order valence-corrected chi connectivity index (χ4v) is 4.26. The summed E-state index contributed by atoms with van der Waals surface area (Å²) in [5.41, 5.74) is 0. The van der Waals surface area contributed by atoms with E-state index in [0.29, 0.717) is 0 Å². The average Bonchev–Trinajstić information content (AvgIpc) is 2.83. The van der Waals surface area contributed by atoms with E-state index < -0.39 is 0 Å². The highest BCUT2D eigenvalue weighted by molar-refractivity contribution is 9.11. The Kier molecular flexibility index (Phi) is 4.55. The minimum absolute atomic E-state index is 0.739. The number of thioether (sulfide) groups is 1. The lowest BCUT2D eigenvalue weighted by atomic mass is 10.2. The van der Waals surface area contributed by atoms with Gasteiger partial charge in [-0.25, -0.2) is 0 Å². The van der Waals surface area contributed by atoms with Gasteiger partial charge in [-0.05, 0) is 53.6 Å². The molecule has 1 heterocycles. The first-order valence-electron chi connectivity index (χ1n) is 5.28. The first-order chi connectivity index (χ1) is 7.28. The van der Waals surface area contributed by atoms with Crippen molar-refractivity contribution < 1.29 is 0 Å². The van der Waals surface area contributed by atoms with E-state index in [9.17, 15) is 0 Å². The number of hydrogen-bond donors (Lipinski definition) is 1. The molecule has 2 rings (SSSR count). The molecule has 0 radical (unpaired) electrons. The highest BCUT2D eigenvalue weighted by Crippen LogP contribution is 2.29. The smallest absolute Gasteiger partial charge is 0.0701 e. The van der Waals surface area contributed by atoms with Gasteiger partial charge < -0.3 is 5.32 Å². The Morgan fingerprint density at radius 1 is 1.53 bits per heavy atom. The Morgan fingerprint density at radius 3 is 3.00 bits per heavy atom. The van der Waals surface area contributed by atoms with E-state index in [1.807, 2.05) is 23.1 Å². The van der Waals surface area contributed by atoms with Crippen molar-refractivity contribution in [2.45, 2.75) is 37.1 Å². The molecular formula is C11H16BrNS2. The minimum Gasteiger partial charge on any atom is -0.309 e. The van der Waals surface area contributed by atoms with Crippen LogP contribution in [0.2, 0.25) is 0 Å². The third kappa shape index (κ3) is 3.48. The van der Waals surface area contributed by atoms with Crippen molar-refractivity contribution >= 4 is 39.0 Å². The zero-order valence-electron chi connectivity index (χ0n) is 8.83. The molecule has 4 heteroatoms. The molecule has 1 N–H and O–H groups in total. The number of nitrogens with one attached hydrogen (secondary N) is 1. The molecule has 0 saturated heterocycles. The summed E-state index contributed by atoms with van der Waals surface area (Å²) in [6.45, 7) is 1.03. The van der Waals surface area contributed by atoms with Crippen LogP contribution in [0.15, 0.2) is 15.9 Å². The molecule has 1 aliphatic carbocycles. The Balaban J connectivity index is 1.75. The van der Waals surface area contributed by atoms with Crippen molar-refractivity contribution in [1.82, 2.24) is 5.32 Å². The number of hydrogen-bond acceptors (Lipinski definition) is 3. The first kappa shape index (κ1) is 12.0. The molecule has 2 unspecified atom stereocenters. The Labute approximate surface area is 108 Å². The lowest BCUT2D eigenvalue weighted by molar-refractivity contribution is 0.528. The van der Waals surface area contributed by atoms with E-state index >= 15 is 0 Å². The molecule has 0 aromatic carbocycles. The molecule has 1 aromatic rings. The molecule has 1 aliphatic rings. The summed E-state index contributed by atoms with van der Waals surface area (Å²) in [5, 5.41) is 4.54. The van der Waals surface area contributed by atoms with E-state index in [1.165, 1.54) is 27.9 Å². The zero-order valence-corrected chi connectivity index (χ0v) is 12.1. The van der Waals surface area contributed by atoms with Gasteiger partial charge >= 0.3 is 0 Å². The highest BCUT2D eigenvalue weighted by Gasteiger charge is 2.23. The summed E-state index contributed by atoms with van der Waals surface area (Å²) in [7, 11) is 0. The van der Waals surface area contributed by atoms with Crippen LogP contribution in [0.1, 0.15) is 24.1 Å². The Morgan fingerprint density at radius 2 is 2.40 bits per heavy atom. The molecule has 1 aromatic heterocycles. The lowest BCUT2D eigenvalue weighted by Crippen LogP contribution is -2.25. The maximum atomic E-state index is 3.65. The largest absolute Gasteiger partial charge is 0.309 e. The quantitative estimate of drug-likeness (QED) is 0.906. The Hall–Kier alpha value is 0.490. The molecule has 1 nitrogen and oxygen atoms in total. The summed E-state index contributed by atoms with van der Waals surface area (Å²) < 4.78 is 1.23. The van der Waals surface area contributed by atoms with E-state index in [-0.39, 0.29) is 0 Å². The number of halogens is 1. The molecule has 1 saturated carbocycles. The van der Waals surface area contributed by atoms with Gasteiger partial charge in [-0.1, -0.05) is 0 Å².